The first-order valence-electron chi connectivity index (χ1n) is 11.9. The molecule has 196 valence electrons. The number of ether oxygens (including phenoxy) is 1. The van der Waals surface area contributed by atoms with Crippen molar-refractivity contribution in [3.8, 4) is 0 Å². The van der Waals surface area contributed by atoms with Crippen molar-refractivity contribution in [2.24, 2.45) is 5.41 Å². The molecule has 0 aliphatic carbocycles. The van der Waals surface area contributed by atoms with Gasteiger partial charge in [-0.05, 0) is 33.1 Å². The van der Waals surface area contributed by atoms with Crippen LogP contribution in [0.1, 0.15) is 70.2 Å². The van der Waals surface area contributed by atoms with Crippen LogP contribution in [0.2, 0.25) is 0 Å². The molecule has 35 heavy (non-hydrogen) atoms. The predicted octanol–water partition coefficient (Wildman–Crippen LogP) is 3.33. The topological polar surface area (TPSA) is 96.8 Å². The van der Waals surface area contributed by atoms with Gasteiger partial charge in [-0.1, -0.05) is 20.8 Å². The fourth-order valence-electron chi connectivity index (χ4n) is 4.05. The van der Waals surface area contributed by atoms with E-state index in [0.29, 0.717) is 38.3 Å². The van der Waals surface area contributed by atoms with Gasteiger partial charge in [0, 0.05) is 43.3 Å². The van der Waals surface area contributed by atoms with Crippen molar-refractivity contribution in [2.75, 3.05) is 19.6 Å². The van der Waals surface area contributed by atoms with Gasteiger partial charge in [0.15, 0.2) is 6.10 Å². The minimum Gasteiger partial charge on any atom is -0.437 e. The van der Waals surface area contributed by atoms with Gasteiger partial charge in [0.05, 0.1) is 6.54 Å². The Morgan fingerprint density at radius 2 is 1.77 bits per heavy atom. The molecule has 9 nitrogen and oxygen atoms in total. The van der Waals surface area contributed by atoms with Crippen LogP contribution in [0.3, 0.4) is 0 Å². The van der Waals surface area contributed by atoms with E-state index < -0.39 is 29.3 Å². The first-order valence-corrected chi connectivity index (χ1v) is 11.9. The Labute approximate surface area is 203 Å². The number of likely N-dealkylation sites (tertiary alicyclic amines) is 1. The number of halogens is 3. The van der Waals surface area contributed by atoms with Crippen molar-refractivity contribution in [2.45, 2.75) is 84.8 Å². The van der Waals surface area contributed by atoms with Gasteiger partial charge in [-0.15, -0.1) is 0 Å². The van der Waals surface area contributed by atoms with E-state index in [2.05, 4.69) is 15.0 Å². The third-order valence-corrected chi connectivity index (χ3v) is 7.06. The van der Waals surface area contributed by atoms with E-state index >= 15 is 0 Å². The molecule has 1 fully saturated rings. The number of imidazole rings is 1. The van der Waals surface area contributed by atoms with E-state index in [1.165, 1.54) is 4.90 Å². The first-order chi connectivity index (χ1) is 16.1. The molecule has 1 atom stereocenters. The van der Waals surface area contributed by atoms with Crippen LogP contribution in [-0.4, -0.2) is 74.7 Å². The van der Waals surface area contributed by atoms with Gasteiger partial charge in [-0.25, -0.2) is 9.78 Å². The number of amides is 3. The van der Waals surface area contributed by atoms with Crippen LogP contribution in [0, 0.1) is 5.41 Å². The van der Waals surface area contributed by atoms with Gasteiger partial charge in [-0.3, -0.25) is 9.59 Å². The maximum absolute atomic E-state index is 12.9. The highest BCUT2D eigenvalue weighted by molar-refractivity contribution is 5.92. The van der Waals surface area contributed by atoms with E-state index in [1.54, 1.807) is 11.1 Å². The number of hydrogen-bond acceptors (Lipinski definition) is 5. The van der Waals surface area contributed by atoms with Crippen LogP contribution in [0.25, 0.3) is 0 Å². The standard InChI is InChI=1S/C23H34F3N5O4/c1-6-21(3,4)19(33)31-12-11-30-13-16(27-17(30)14-31)18(32)28-22(5)7-9-29(10-8-22)20(34)35-15(2)23(24,25)26/h13,15H,6-12,14H2,1-5H3,(H,28,32). The first kappa shape index (κ1) is 26.8. The zero-order valence-electron chi connectivity index (χ0n) is 20.9. The third-order valence-electron chi connectivity index (χ3n) is 7.06. The Hall–Kier alpha value is -2.79. The molecule has 1 aromatic rings. The fourth-order valence-corrected chi connectivity index (χ4v) is 4.05. The number of nitrogens with one attached hydrogen (secondary N) is 1. The maximum Gasteiger partial charge on any atom is 0.425 e. The largest absolute Gasteiger partial charge is 0.437 e. The lowest BCUT2D eigenvalue weighted by molar-refractivity contribution is -0.200. The highest BCUT2D eigenvalue weighted by Crippen LogP contribution is 2.27. The minimum atomic E-state index is -4.62. The second kappa shape index (κ2) is 9.69. The lowest BCUT2D eigenvalue weighted by atomic mass is 9.88. The van der Waals surface area contributed by atoms with Crippen molar-refractivity contribution in [3.63, 3.8) is 0 Å². The normalized spacial score (nSPS) is 19.1. The lowest BCUT2D eigenvalue weighted by Gasteiger charge is -2.39. The van der Waals surface area contributed by atoms with Crippen LogP contribution in [-0.2, 0) is 22.6 Å². The van der Waals surface area contributed by atoms with Gasteiger partial charge < -0.3 is 24.4 Å². The van der Waals surface area contributed by atoms with E-state index in [-0.39, 0.29) is 30.6 Å². The quantitative estimate of drug-likeness (QED) is 0.668. The molecule has 2 aliphatic rings. The van der Waals surface area contributed by atoms with Crippen LogP contribution < -0.4 is 5.32 Å². The Balaban J connectivity index is 1.57. The summed E-state index contributed by atoms with van der Waals surface area (Å²) < 4.78 is 44.3. The van der Waals surface area contributed by atoms with Gasteiger partial charge in [-0.2, -0.15) is 13.2 Å². The Morgan fingerprint density at radius 1 is 1.14 bits per heavy atom. The minimum absolute atomic E-state index is 0.0580. The smallest absolute Gasteiger partial charge is 0.425 e. The van der Waals surface area contributed by atoms with Crippen LogP contribution >= 0.6 is 0 Å². The summed E-state index contributed by atoms with van der Waals surface area (Å²) in [5, 5.41) is 2.96. The molecule has 1 saturated heterocycles. The average Bonchev–Trinajstić information content (AvgIpc) is 3.21. The number of carbonyl (C=O) groups excluding carboxylic acids is 3. The van der Waals surface area contributed by atoms with Crippen molar-refractivity contribution in [1.29, 1.82) is 0 Å². The summed E-state index contributed by atoms with van der Waals surface area (Å²) in [5.41, 5.74) is -0.873. The SMILES string of the molecule is CCC(C)(C)C(=O)N1CCn2cc(C(=O)NC3(C)CCN(C(=O)OC(C)C(F)(F)F)CC3)nc2C1. The summed E-state index contributed by atoms with van der Waals surface area (Å²) in [6.07, 6.45) is -4.71. The molecule has 0 aromatic carbocycles. The zero-order chi connectivity index (χ0) is 26.2. The number of alkyl halides is 3. The number of rotatable bonds is 5. The van der Waals surface area contributed by atoms with Crippen LogP contribution in [0.15, 0.2) is 6.20 Å². The molecule has 2 aliphatic heterocycles. The van der Waals surface area contributed by atoms with Gasteiger partial charge in [0.25, 0.3) is 5.91 Å². The molecule has 1 unspecified atom stereocenters. The Bertz CT molecular complexity index is 967. The van der Waals surface area contributed by atoms with Crippen molar-refractivity contribution in [3.05, 3.63) is 17.7 Å². The van der Waals surface area contributed by atoms with Crippen LogP contribution in [0.4, 0.5) is 18.0 Å². The molecular weight excluding hydrogens is 467 g/mol. The molecule has 3 heterocycles. The number of carbonyl (C=O) groups is 3. The lowest BCUT2D eigenvalue weighted by Crippen LogP contribution is -2.54. The summed E-state index contributed by atoms with van der Waals surface area (Å²) in [7, 11) is 0. The summed E-state index contributed by atoms with van der Waals surface area (Å²) >= 11 is 0. The Kier molecular flexibility index (Phi) is 7.42. The highest BCUT2D eigenvalue weighted by atomic mass is 19.4. The molecule has 1 N–H and O–H groups in total. The molecule has 12 heteroatoms. The molecule has 3 rings (SSSR count). The monoisotopic (exact) mass is 501 g/mol. The molecule has 0 saturated carbocycles. The predicted molar refractivity (Wildman–Crippen MR) is 120 cm³/mol. The molecule has 0 radical (unpaired) electrons. The van der Waals surface area contributed by atoms with Crippen LogP contribution in [0.5, 0.6) is 0 Å². The van der Waals surface area contributed by atoms with Crippen molar-refractivity contribution < 1.29 is 32.3 Å². The summed E-state index contributed by atoms with van der Waals surface area (Å²) in [6.45, 7) is 10.2. The highest BCUT2D eigenvalue weighted by Gasteiger charge is 2.41. The molecule has 0 bridgehead atoms. The Morgan fingerprint density at radius 3 is 2.34 bits per heavy atom. The average molecular weight is 502 g/mol. The zero-order valence-corrected chi connectivity index (χ0v) is 20.9. The molecule has 3 amide bonds. The number of nitrogens with zero attached hydrogens (tertiary/aromatic N) is 4. The van der Waals surface area contributed by atoms with Crippen molar-refractivity contribution in [1.82, 2.24) is 24.7 Å². The van der Waals surface area contributed by atoms with E-state index in [1.807, 2.05) is 32.3 Å². The summed E-state index contributed by atoms with van der Waals surface area (Å²) in [4.78, 5) is 45.2. The van der Waals surface area contributed by atoms with E-state index in [9.17, 15) is 27.6 Å². The molecule has 0 spiro atoms. The number of piperidine rings is 1. The molecular formula is C23H34F3N5O4. The number of fused-ring (bicyclic) bond motifs is 1. The second-order valence-corrected chi connectivity index (χ2v) is 10.3. The number of aromatic nitrogens is 2. The summed E-state index contributed by atoms with van der Waals surface area (Å²) in [5.74, 6) is 0.328. The molecule has 1 aromatic heterocycles. The van der Waals surface area contributed by atoms with E-state index in [0.717, 1.165) is 13.3 Å². The number of hydrogen-bond donors (Lipinski definition) is 1. The third kappa shape index (κ3) is 6.07. The second-order valence-electron chi connectivity index (χ2n) is 10.3. The van der Waals surface area contributed by atoms with Crippen molar-refractivity contribution >= 4 is 17.9 Å². The van der Waals surface area contributed by atoms with Gasteiger partial charge in [0.1, 0.15) is 11.5 Å². The summed E-state index contributed by atoms with van der Waals surface area (Å²) in [6, 6.07) is 0. The fraction of sp³-hybridized carbons (Fsp3) is 0.739. The van der Waals surface area contributed by atoms with E-state index in [4.69, 9.17) is 0 Å². The van der Waals surface area contributed by atoms with Gasteiger partial charge >= 0.3 is 12.3 Å². The van der Waals surface area contributed by atoms with Gasteiger partial charge in [0.2, 0.25) is 5.91 Å². The maximum atomic E-state index is 12.9.